The van der Waals surface area contributed by atoms with Gasteiger partial charge in [0, 0.05) is 12.8 Å². The van der Waals surface area contributed by atoms with Crippen molar-refractivity contribution >= 4 is 11.8 Å². The molecule has 4 nitrogen and oxygen atoms in total. The standard InChI is InChI=1S/C21H22F3N3OS/c1-4-15-8-10-18(11-9-15)28-14(2)19-25-26-20(27(19)3)29-13-16-6-5-7-17(12-16)21(22,23)24/h5-12,14H,4,13H2,1-3H3. The fraction of sp³-hybridized carbons (Fsp3) is 0.333. The molecule has 2 aromatic carbocycles. The molecule has 0 aliphatic rings. The Kier molecular flexibility index (Phi) is 6.52. The highest BCUT2D eigenvalue weighted by Crippen LogP contribution is 2.31. The minimum absolute atomic E-state index is 0.317. The van der Waals surface area contributed by atoms with E-state index in [0.29, 0.717) is 22.3 Å². The summed E-state index contributed by atoms with van der Waals surface area (Å²) in [6.45, 7) is 3.98. The molecule has 0 radical (unpaired) electrons. The van der Waals surface area contributed by atoms with Gasteiger partial charge in [0.2, 0.25) is 0 Å². The molecule has 0 saturated carbocycles. The third-order valence-electron chi connectivity index (χ3n) is 4.50. The number of nitrogens with zero attached hydrogens (tertiary/aromatic N) is 3. The first-order valence-electron chi connectivity index (χ1n) is 9.21. The van der Waals surface area contributed by atoms with Gasteiger partial charge in [-0.3, -0.25) is 0 Å². The minimum Gasteiger partial charge on any atom is -0.483 e. The van der Waals surface area contributed by atoms with Gasteiger partial charge in [-0.25, -0.2) is 0 Å². The van der Waals surface area contributed by atoms with Crippen LogP contribution in [0.1, 0.15) is 42.5 Å². The predicted molar refractivity (Wildman–Crippen MR) is 107 cm³/mol. The van der Waals surface area contributed by atoms with Gasteiger partial charge in [0.05, 0.1) is 5.56 Å². The van der Waals surface area contributed by atoms with Crippen LogP contribution in [0, 0.1) is 0 Å². The number of aromatic nitrogens is 3. The first kappa shape index (κ1) is 21.2. The molecule has 1 heterocycles. The van der Waals surface area contributed by atoms with E-state index in [1.54, 1.807) is 6.07 Å². The molecule has 0 bridgehead atoms. The van der Waals surface area contributed by atoms with Crippen molar-refractivity contribution < 1.29 is 17.9 Å². The van der Waals surface area contributed by atoms with Crippen LogP contribution in [0.5, 0.6) is 5.75 Å². The fourth-order valence-electron chi connectivity index (χ4n) is 2.85. The molecule has 1 atom stereocenters. The molecule has 154 valence electrons. The van der Waals surface area contributed by atoms with Crippen LogP contribution in [0.15, 0.2) is 53.7 Å². The largest absolute Gasteiger partial charge is 0.483 e. The van der Waals surface area contributed by atoms with Crippen molar-refractivity contribution in [3.8, 4) is 5.75 Å². The molecule has 1 aromatic heterocycles. The van der Waals surface area contributed by atoms with Gasteiger partial charge in [-0.1, -0.05) is 49.0 Å². The van der Waals surface area contributed by atoms with Gasteiger partial charge in [-0.2, -0.15) is 13.2 Å². The highest BCUT2D eigenvalue weighted by atomic mass is 32.2. The van der Waals surface area contributed by atoms with Gasteiger partial charge in [0.15, 0.2) is 17.1 Å². The first-order valence-corrected chi connectivity index (χ1v) is 10.2. The molecule has 3 rings (SSSR count). The third-order valence-corrected chi connectivity index (χ3v) is 5.59. The normalized spacial score (nSPS) is 12.8. The average molecular weight is 421 g/mol. The second-order valence-electron chi connectivity index (χ2n) is 6.64. The van der Waals surface area contributed by atoms with E-state index in [2.05, 4.69) is 17.1 Å². The van der Waals surface area contributed by atoms with E-state index in [-0.39, 0.29) is 6.10 Å². The lowest BCUT2D eigenvalue weighted by atomic mass is 10.1. The summed E-state index contributed by atoms with van der Waals surface area (Å²) in [6, 6.07) is 13.2. The maximum absolute atomic E-state index is 12.9. The van der Waals surface area contributed by atoms with Gasteiger partial charge in [-0.15, -0.1) is 10.2 Å². The molecule has 29 heavy (non-hydrogen) atoms. The number of rotatable bonds is 7. The van der Waals surface area contributed by atoms with Crippen molar-refractivity contribution in [2.45, 2.75) is 43.5 Å². The quantitative estimate of drug-likeness (QED) is 0.450. The molecule has 0 N–H and O–H groups in total. The molecule has 0 aliphatic heterocycles. The average Bonchev–Trinajstić information content (AvgIpc) is 3.07. The summed E-state index contributed by atoms with van der Waals surface area (Å²) in [5.41, 5.74) is 1.16. The molecular weight excluding hydrogens is 399 g/mol. The molecule has 0 fully saturated rings. The Morgan fingerprint density at radius 1 is 1.07 bits per heavy atom. The van der Waals surface area contributed by atoms with Crippen LogP contribution < -0.4 is 4.74 Å². The van der Waals surface area contributed by atoms with Gasteiger partial charge in [-0.05, 0) is 42.7 Å². The zero-order valence-corrected chi connectivity index (χ0v) is 17.2. The van der Waals surface area contributed by atoms with Crippen LogP contribution in [-0.2, 0) is 25.4 Å². The highest BCUT2D eigenvalue weighted by molar-refractivity contribution is 7.98. The monoisotopic (exact) mass is 421 g/mol. The van der Waals surface area contributed by atoms with Crippen LogP contribution in [0.4, 0.5) is 13.2 Å². The Balaban J connectivity index is 1.65. The molecule has 0 saturated heterocycles. The number of halogens is 3. The Labute approximate surface area is 172 Å². The molecule has 1 unspecified atom stereocenters. The zero-order valence-electron chi connectivity index (χ0n) is 16.4. The van der Waals surface area contributed by atoms with E-state index in [4.69, 9.17) is 4.74 Å². The summed E-state index contributed by atoms with van der Waals surface area (Å²) in [5, 5.41) is 8.99. The molecule has 0 spiro atoms. The van der Waals surface area contributed by atoms with Crippen LogP contribution in [0.2, 0.25) is 0 Å². The summed E-state index contributed by atoms with van der Waals surface area (Å²) in [7, 11) is 1.82. The van der Waals surface area contributed by atoms with E-state index in [9.17, 15) is 13.2 Å². The summed E-state index contributed by atoms with van der Waals surface area (Å²) in [6.07, 6.45) is -3.70. The summed E-state index contributed by atoms with van der Waals surface area (Å²) in [5.74, 6) is 1.76. The van der Waals surface area contributed by atoms with Gasteiger partial charge >= 0.3 is 6.18 Å². The van der Waals surface area contributed by atoms with Crippen molar-refractivity contribution in [1.82, 2.24) is 14.8 Å². The van der Waals surface area contributed by atoms with E-state index < -0.39 is 11.7 Å². The van der Waals surface area contributed by atoms with Crippen molar-refractivity contribution in [2.75, 3.05) is 0 Å². The van der Waals surface area contributed by atoms with E-state index in [1.165, 1.54) is 23.4 Å². The molecule has 0 aliphatic carbocycles. The number of hydrogen-bond acceptors (Lipinski definition) is 4. The third kappa shape index (κ3) is 5.32. The van der Waals surface area contributed by atoms with Crippen molar-refractivity contribution in [3.63, 3.8) is 0 Å². The smallest absolute Gasteiger partial charge is 0.416 e. The number of benzene rings is 2. The zero-order chi connectivity index (χ0) is 21.0. The van der Waals surface area contributed by atoms with Crippen molar-refractivity contribution in [3.05, 3.63) is 71.0 Å². The van der Waals surface area contributed by atoms with Crippen molar-refractivity contribution in [2.24, 2.45) is 7.05 Å². The van der Waals surface area contributed by atoms with Crippen LogP contribution in [0.3, 0.4) is 0 Å². The van der Waals surface area contributed by atoms with Crippen LogP contribution >= 0.6 is 11.8 Å². The topological polar surface area (TPSA) is 39.9 Å². The summed E-state index contributed by atoms with van der Waals surface area (Å²) >= 11 is 1.34. The SMILES string of the molecule is CCc1ccc(OC(C)c2nnc(SCc3cccc(C(F)(F)F)c3)n2C)cc1. The number of hydrogen-bond donors (Lipinski definition) is 0. The maximum atomic E-state index is 12.9. The lowest BCUT2D eigenvalue weighted by Crippen LogP contribution is -2.10. The molecular formula is C21H22F3N3OS. The lowest BCUT2D eigenvalue weighted by molar-refractivity contribution is -0.137. The minimum atomic E-state index is -4.35. The second kappa shape index (κ2) is 8.90. The predicted octanol–water partition coefficient (Wildman–Crippen LogP) is 5.83. The lowest BCUT2D eigenvalue weighted by Gasteiger charge is -2.14. The van der Waals surface area contributed by atoms with Gasteiger partial charge in [0.25, 0.3) is 0 Å². The van der Waals surface area contributed by atoms with Gasteiger partial charge in [0.1, 0.15) is 5.75 Å². The first-order chi connectivity index (χ1) is 13.8. The number of aryl methyl sites for hydroxylation is 1. The number of thioether (sulfide) groups is 1. The second-order valence-corrected chi connectivity index (χ2v) is 7.59. The molecule has 8 heteroatoms. The Morgan fingerprint density at radius 2 is 1.79 bits per heavy atom. The number of alkyl halides is 3. The van der Waals surface area contributed by atoms with Gasteiger partial charge < -0.3 is 9.30 Å². The Bertz CT molecular complexity index is 955. The van der Waals surface area contributed by atoms with Crippen molar-refractivity contribution in [1.29, 1.82) is 0 Å². The maximum Gasteiger partial charge on any atom is 0.416 e. The van der Waals surface area contributed by atoms with Crippen LogP contribution in [0.25, 0.3) is 0 Å². The highest BCUT2D eigenvalue weighted by Gasteiger charge is 2.30. The van der Waals surface area contributed by atoms with E-state index in [1.807, 2.05) is 42.8 Å². The summed E-state index contributed by atoms with van der Waals surface area (Å²) in [4.78, 5) is 0. The fourth-order valence-corrected chi connectivity index (χ4v) is 3.71. The van der Waals surface area contributed by atoms with Crippen LogP contribution in [-0.4, -0.2) is 14.8 Å². The molecule has 0 amide bonds. The van der Waals surface area contributed by atoms with E-state index >= 15 is 0 Å². The molecule has 3 aromatic rings. The Hall–Kier alpha value is -2.48. The van der Waals surface area contributed by atoms with E-state index in [0.717, 1.165) is 24.3 Å². The summed E-state index contributed by atoms with van der Waals surface area (Å²) < 4.78 is 46.3. The number of ether oxygens (including phenoxy) is 1. The Morgan fingerprint density at radius 3 is 2.45 bits per heavy atom.